The van der Waals surface area contributed by atoms with Gasteiger partial charge >= 0.3 is 12.0 Å². The lowest BCUT2D eigenvalue weighted by molar-refractivity contribution is -0.120. The maximum absolute atomic E-state index is 13.6. The van der Waals surface area contributed by atoms with E-state index in [1.807, 2.05) is 32.0 Å². The molecule has 0 unspecified atom stereocenters. The van der Waals surface area contributed by atoms with Crippen LogP contribution >= 0.6 is 0 Å². The van der Waals surface area contributed by atoms with Crippen molar-refractivity contribution in [1.82, 2.24) is 5.32 Å². The Morgan fingerprint density at radius 2 is 1.60 bits per heavy atom. The molecule has 43 heavy (non-hydrogen) atoms. The number of anilines is 3. The summed E-state index contributed by atoms with van der Waals surface area (Å²) in [5.74, 6) is -0.982. The fourth-order valence-corrected chi connectivity index (χ4v) is 5.27. The van der Waals surface area contributed by atoms with Crippen molar-refractivity contribution in [3.05, 3.63) is 83.4 Å². The maximum Gasteiger partial charge on any atom is 0.335 e. The Balaban J connectivity index is 1.45. The molecule has 0 spiro atoms. The Bertz CT molecular complexity index is 1460. The number of benzene rings is 3. The summed E-state index contributed by atoms with van der Waals surface area (Å²) in [6.45, 7) is 3.90. The predicted molar refractivity (Wildman–Crippen MR) is 166 cm³/mol. The van der Waals surface area contributed by atoms with Crippen molar-refractivity contribution in [2.75, 3.05) is 41.9 Å². The van der Waals surface area contributed by atoms with Gasteiger partial charge in [0.1, 0.15) is 5.75 Å². The molecule has 1 aliphatic rings. The van der Waals surface area contributed by atoms with Crippen LogP contribution in [-0.2, 0) is 9.59 Å². The minimum Gasteiger partial charge on any atom is -0.482 e. The molecule has 10 nitrogen and oxygen atoms in total. The van der Waals surface area contributed by atoms with Crippen molar-refractivity contribution in [2.45, 2.75) is 39.5 Å². The molecule has 3 aromatic rings. The maximum atomic E-state index is 13.6. The molecule has 4 rings (SSSR count). The number of carboxylic acid groups (broad SMARTS) is 1. The highest BCUT2D eigenvalue weighted by Crippen LogP contribution is 2.32. The van der Waals surface area contributed by atoms with Crippen LogP contribution in [0.5, 0.6) is 5.75 Å². The van der Waals surface area contributed by atoms with Gasteiger partial charge in [-0.1, -0.05) is 37.1 Å². The van der Waals surface area contributed by atoms with Gasteiger partial charge in [0.15, 0.2) is 6.61 Å². The molecular formula is C33H38N4O6. The molecule has 0 heterocycles. The Morgan fingerprint density at radius 1 is 0.907 bits per heavy atom. The van der Waals surface area contributed by atoms with E-state index in [1.165, 1.54) is 18.2 Å². The van der Waals surface area contributed by atoms with Gasteiger partial charge < -0.3 is 30.3 Å². The zero-order valence-electron chi connectivity index (χ0n) is 24.8. The van der Waals surface area contributed by atoms with E-state index in [1.54, 1.807) is 47.2 Å². The van der Waals surface area contributed by atoms with E-state index in [0.29, 0.717) is 29.6 Å². The number of carbonyl (C=O) groups is 4. The first-order chi connectivity index (χ1) is 20.6. The first-order valence-electron chi connectivity index (χ1n) is 14.4. The second-order valence-corrected chi connectivity index (χ2v) is 10.9. The Hall–Kier alpha value is -4.86. The van der Waals surface area contributed by atoms with Crippen LogP contribution in [0.2, 0.25) is 0 Å². The van der Waals surface area contributed by atoms with Crippen LogP contribution < -0.4 is 25.2 Å². The molecular weight excluding hydrogens is 548 g/mol. The molecule has 1 saturated carbocycles. The lowest BCUT2D eigenvalue weighted by Gasteiger charge is -2.28. The van der Waals surface area contributed by atoms with E-state index in [9.17, 15) is 24.3 Å². The van der Waals surface area contributed by atoms with Gasteiger partial charge in [-0.2, -0.15) is 0 Å². The molecule has 226 valence electrons. The lowest BCUT2D eigenvalue weighted by atomic mass is 10.1. The zero-order chi connectivity index (χ0) is 30.9. The molecule has 1 aliphatic carbocycles. The number of ether oxygens (including phenoxy) is 1. The molecule has 0 radical (unpaired) electrons. The van der Waals surface area contributed by atoms with Crippen molar-refractivity contribution >= 4 is 40.9 Å². The Labute approximate surface area is 251 Å². The van der Waals surface area contributed by atoms with E-state index in [-0.39, 0.29) is 30.5 Å². The molecule has 1 fully saturated rings. The van der Waals surface area contributed by atoms with Crippen LogP contribution in [0.3, 0.4) is 0 Å². The summed E-state index contributed by atoms with van der Waals surface area (Å²) in [4.78, 5) is 53.6. The molecule has 0 aliphatic heterocycles. The van der Waals surface area contributed by atoms with Crippen molar-refractivity contribution in [1.29, 1.82) is 0 Å². The summed E-state index contributed by atoms with van der Waals surface area (Å²) in [7, 11) is 1.70. The van der Waals surface area contributed by atoms with Crippen molar-refractivity contribution in [3.8, 4) is 5.75 Å². The number of rotatable bonds is 11. The number of hydrogen-bond acceptors (Lipinski definition) is 5. The minimum atomic E-state index is -1.11. The number of carbonyl (C=O) groups excluding carboxylic acids is 3. The summed E-state index contributed by atoms with van der Waals surface area (Å²) in [5.41, 5.74) is 3.74. The third kappa shape index (κ3) is 8.57. The largest absolute Gasteiger partial charge is 0.482 e. The van der Waals surface area contributed by atoms with E-state index in [2.05, 4.69) is 10.6 Å². The normalized spacial score (nSPS) is 12.8. The number of likely N-dealkylation sites (N-methyl/N-ethyl adjacent to an activating group) is 1. The van der Waals surface area contributed by atoms with Crippen LogP contribution in [0.1, 0.15) is 47.2 Å². The van der Waals surface area contributed by atoms with Gasteiger partial charge in [-0.15, -0.1) is 0 Å². The van der Waals surface area contributed by atoms with Gasteiger partial charge in [0, 0.05) is 25.0 Å². The number of hydrogen-bond donors (Lipinski definition) is 3. The van der Waals surface area contributed by atoms with Crippen LogP contribution in [0.15, 0.2) is 66.7 Å². The van der Waals surface area contributed by atoms with Crippen LogP contribution in [0.4, 0.5) is 21.9 Å². The highest BCUT2D eigenvalue weighted by Gasteiger charge is 2.26. The van der Waals surface area contributed by atoms with E-state index in [0.717, 1.165) is 42.5 Å². The number of aryl methyl sites for hydroxylation is 2. The van der Waals surface area contributed by atoms with E-state index in [4.69, 9.17) is 4.74 Å². The fourth-order valence-electron chi connectivity index (χ4n) is 5.27. The smallest absolute Gasteiger partial charge is 0.335 e. The van der Waals surface area contributed by atoms with Gasteiger partial charge in [-0.3, -0.25) is 9.59 Å². The van der Waals surface area contributed by atoms with Gasteiger partial charge in [-0.25, -0.2) is 9.59 Å². The first-order valence-corrected chi connectivity index (χ1v) is 14.4. The summed E-state index contributed by atoms with van der Waals surface area (Å²) in [6, 6.07) is 18.2. The number of amides is 4. The summed E-state index contributed by atoms with van der Waals surface area (Å²) in [5, 5.41) is 14.3. The number of para-hydroxylation sites is 2. The van der Waals surface area contributed by atoms with Gasteiger partial charge in [-0.05, 0) is 86.2 Å². The average Bonchev–Trinajstić information content (AvgIpc) is 3.50. The molecule has 0 atom stereocenters. The second kappa shape index (κ2) is 14.4. The van der Waals surface area contributed by atoms with Crippen molar-refractivity contribution in [2.24, 2.45) is 5.92 Å². The molecule has 10 heteroatoms. The number of carboxylic acids is 1. The highest BCUT2D eigenvalue weighted by atomic mass is 16.5. The monoisotopic (exact) mass is 586 g/mol. The topological polar surface area (TPSA) is 128 Å². The molecule has 4 amide bonds. The van der Waals surface area contributed by atoms with E-state index < -0.39 is 12.0 Å². The molecule has 3 N–H and O–H groups in total. The zero-order valence-corrected chi connectivity index (χ0v) is 24.8. The standard InChI is InChI=1S/C33H38N4O6/c1-22-15-23(2)17-27(16-22)36(3)31(39)21-43-29-14-7-6-13-28(29)37(20-24-9-4-5-10-24)30(38)19-34-33(42)35-26-12-8-11-25(18-26)32(40)41/h6-8,11-18,24H,4-5,9-10,19-21H2,1-3H3,(H,40,41)(H2,34,35,42). The summed E-state index contributed by atoms with van der Waals surface area (Å²) in [6.07, 6.45) is 4.19. The van der Waals surface area contributed by atoms with Gasteiger partial charge in [0.2, 0.25) is 5.91 Å². The number of aromatic carboxylic acids is 1. The minimum absolute atomic E-state index is 0.0342. The Morgan fingerprint density at radius 3 is 2.30 bits per heavy atom. The van der Waals surface area contributed by atoms with Crippen molar-refractivity contribution in [3.63, 3.8) is 0 Å². The molecule has 3 aromatic carbocycles. The third-order valence-electron chi connectivity index (χ3n) is 7.46. The first kappa shape index (κ1) is 31.1. The summed E-state index contributed by atoms with van der Waals surface area (Å²) < 4.78 is 6.00. The van der Waals surface area contributed by atoms with Crippen LogP contribution in [0.25, 0.3) is 0 Å². The van der Waals surface area contributed by atoms with Crippen LogP contribution in [0, 0.1) is 19.8 Å². The second-order valence-electron chi connectivity index (χ2n) is 10.9. The highest BCUT2D eigenvalue weighted by molar-refractivity contribution is 6.00. The summed E-state index contributed by atoms with van der Waals surface area (Å²) >= 11 is 0. The predicted octanol–water partition coefficient (Wildman–Crippen LogP) is 5.39. The SMILES string of the molecule is Cc1cc(C)cc(N(C)C(=O)COc2ccccc2N(CC2CCCC2)C(=O)CNC(=O)Nc2cccc(C(=O)O)c2)c1. The van der Waals surface area contributed by atoms with Gasteiger partial charge in [0.25, 0.3) is 5.91 Å². The fraction of sp³-hybridized carbons (Fsp3) is 0.333. The Kier molecular flexibility index (Phi) is 10.4. The average molecular weight is 587 g/mol. The van der Waals surface area contributed by atoms with E-state index >= 15 is 0 Å². The third-order valence-corrected chi connectivity index (χ3v) is 7.46. The number of nitrogens with zero attached hydrogens (tertiary/aromatic N) is 2. The molecule has 0 saturated heterocycles. The number of urea groups is 1. The number of nitrogens with one attached hydrogen (secondary N) is 2. The lowest BCUT2D eigenvalue weighted by Crippen LogP contribution is -2.43. The van der Waals surface area contributed by atoms with Crippen molar-refractivity contribution < 1.29 is 29.0 Å². The van der Waals surface area contributed by atoms with Crippen LogP contribution in [-0.4, -0.2) is 55.7 Å². The quantitative estimate of drug-likeness (QED) is 0.277. The van der Waals surface area contributed by atoms with Gasteiger partial charge in [0.05, 0.1) is 17.8 Å². The molecule has 0 aromatic heterocycles. The molecule has 0 bridgehead atoms.